The molecule has 2 aromatic heterocycles. The molecule has 0 saturated carbocycles. The zero-order valence-corrected chi connectivity index (χ0v) is 13.9. The first-order valence-electron chi connectivity index (χ1n) is 8.34. The van der Waals surface area contributed by atoms with Crippen LogP contribution in [0.5, 0.6) is 0 Å². The number of ether oxygens (including phenoxy) is 1. The summed E-state index contributed by atoms with van der Waals surface area (Å²) in [6, 6.07) is 3.77. The summed E-state index contributed by atoms with van der Waals surface area (Å²) < 4.78 is 11.0. The lowest BCUT2D eigenvalue weighted by Gasteiger charge is -2.32. The summed E-state index contributed by atoms with van der Waals surface area (Å²) in [6.45, 7) is 3.65. The molecular formula is C17H22N4O3. The molecule has 3 rings (SSSR count). The van der Waals surface area contributed by atoms with Crippen LogP contribution in [0.4, 0.5) is 0 Å². The first-order valence-corrected chi connectivity index (χ1v) is 8.34. The number of aryl methyl sites for hydroxylation is 1. The van der Waals surface area contributed by atoms with Crippen molar-refractivity contribution in [3.63, 3.8) is 0 Å². The van der Waals surface area contributed by atoms with Gasteiger partial charge in [0.15, 0.2) is 5.82 Å². The normalized spacial score (nSPS) is 17.9. The second-order valence-electron chi connectivity index (χ2n) is 5.91. The van der Waals surface area contributed by atoms with Crippen molar-refractivity contribution < 1.29 is 14.1 Å². The molecule has 0 N–H and O–H groups in total. The fraction of sp³-hybridized carbons (Fsp3) is 0.529. The summed E-state index contributed by atoms with van der Waals surface area (Å²) in [5.41, 5.74) is 0.934. The molecule has 1 fully saturated rings. The largest absolute Gasteiger partial charge is 0.367 e. The van der Waals surface area contributed by atoms with Crippen LogP contribution in [0.2, 0.25) is 0 Å². The van der Waals surface area contributed by atoms with Crippen molar-refractivity contribution in [1.29, 1.82) is 0 Å². The van der Waals surface area contributed by atoms with E-state index in [1.165, 1.54) is 0 Å². The minimum absolute atomic E-state index is 0.00794. The molecule has 0 unspecified atom stereocenters. The van der Waals surface area contributed by atoms with E-state index in [1.54, 1.807) is 12.4 Å². The summed E-state index contributed by atoms with van der Waals surface area (Å²) >= 11 is 0. The monoisotopic (exact) mass is 330 g/mol. The van der Waals surface area contributed by atoms with Gasteiger partial charge in [-0.1, -0.05) is 18.1 Å². The lowest BCUT2D eigenvalue weighted by Crippen LogP contribution is -2.43. The van der Waals surface area contributed by atoms with E-state index >= 15 is 0 Å². The van der Waals surface area contributed by atoms with Crippen molar-refractivity contribution in [2.45, 2.75) is 45.3 Å². The van der Waals surface area contributed by atoms with Gasteiger partial charge in [0.1, 0.15) is 6.61 Å². The predicted molar refractivity (Wildman–Crippen MR) is 86.0 cm³/mol. The Hall–Kier alpha value is -2.28. The zero-order valence-electron chi connectivity index (χ0n) is 13.9. The third kappa shape index (κ3) is 4.38. The Labute approximate surface area is 141 Å². The van der Waals surface area contributed by atoms with Gasteiger partial charge in [-0.2, -0.15) is 4.98 Å². The summed E-state index contributed by atoms with van der Waals surface area (Å²) in [5.74, 6) is 1.29. The summed E-state index contributed by atoms with van der Waals surface area (Å²) in [5, 5.41) is 3.85. The molecule has 7 nitrogen and oxygen atoms in total. The van der Waals surface area contributed by atoms with Crippen molar-refractivity contribution in [2.75, 3.05) is 13.1 Å². The maximum atomic E-state index is 12.4. The molecule has 24 heavy (non-hydrogen) atoms. The number of hydrogen-bond donors (Lipinski definition) is 0. The number of carbonyl (C=O) groups is 1. The SMILES string of the molecule is CCc1noc(CO[C@@H]2CCCN(C(=O)Cc3cccnc3)C2)n1. The molecule has 0 bridgehead atoms. The van der Waals surface area contributed by atoms with Gasteiger partial charge < -0.3 is 14.2 Å². The Morgan fingerprint density at radius 2 is 2.42 bits per heavy atom. The van der Waals surface area contributed by atoms with E-state index in [1.807, 2.05) is 24.0 Å². The lowest BCUT2D eigenvalue weighted by molar-refractivity contribution is -0.135. The van der Waals surface area contributed by atoms with Crippen LogP contribution in [-0.2, 0) is 29.0 Å². The number of rotatable bonds is 6. The molecule has 2 aromatic rings. The maximum Gasteiger partial charge on any atom is 0.252 e. The van der Waals surface area contributed by atoms with Crippen LogP contribution < -0.4 is 0 Å². The number of pyridine rings is 1. The first kappa shape index (κ1) is 16.6. The molecule has 0 radical (unpaired) electrons. The maximum absolute atomic E-state index is 12.4. The van der Waals surface area contributed by atoms with E-state index in [2.05, 4.69) is 15.1 Å². The highest BCUT2D eigenvalue weighted by Gasteiger charge is 2.24. The molecule has 0 aliphatic carbocycles. The average molecular weight is 330 g/mol. The quantitative estimate of drug-likeness (QED) is 0.803. The highest BCUT2D eigenvalue weighted by Crippen LogP contribution is 2.16. The van der Waals surface area contributed by atoms with Crippen molar-refractivity contribution in [1.82, 2.24) is 20.0 Å². The van der Waals surface area contributed by atoms with Gasteiger partial charge in [0, 0.05) is 31.9 Å². The molecular weight excluding hydrogens is 308 g/mol. The van der Waals surface area contributed by atoms with Crippen LogP contribution in [-0.4, -0.2) is 45.1 Å². The third-order valence-electron chi connectivity index (χ3n) is 4.08. The van der Waals surface area contributed by atoms with E-state index in [0.29, 0.717) is 31.3 Å². The summed E-state index contributed by atoms with van der Waals surface area (Å²) in [6.07, 6.45) is 6.44. The summed E-state index contributed by atoms with van der Waals surface area (Å²) in [7, 11) is 0. The standard InChI is InChI=1S/C17H22N4O3/c1-2-15-19-16(24-20-15)12-23-14-6-4-8-21(11-14)17(22)9-13-5-3-7-18-10-13/h3,5,7,10,14H,2,4,6,8-9,11-12H2,1H3/t14-/m1/s1. The van der Waals surface area contributed by atoms with E-state index in [-0.39, 0.29) is 12.0 Å². The van der Waals surface area contributed by atoms with Gasteiger partial charge in [-0.25, -0.2) is 0 Å². The first-order chi connectivity index (χ1) is 11.7. The molecule has 1 aliphatic heterocycles. The van der Waals surface area contributed by atoms with Crippen molar-refractivity contribution in [2.24, 2.45) is 0 Å². The molecule has 128 valence electrons. The molecule has 0 aromatic carbocycles. The smallest absolute Gasteiger partial charge is 0.252 e. The number of amides is 1. The van der Waals surface area contributed by atoms with Crippen LogP contribution in [0.25, 0.3) is 0 Å². The average Bonchev–Trinajstić information content (AvgIpc) is 3.09. The molecule has 7 heteroatoms. The number of nitrogens with zero attached hydrogens (tertiary/aromatic N) is 4. The Morgan fingerprint density at radius 3 is 3.17 bits per heavy atom. The topological polar surface area (TPSA) is 81.4 Å². The fourth-order valence-electron chi connectivity index (χ4n) is 2.77. The fourth-order valence-corrected chi connectivity index (χ4v) is 2.77. The van der Waals surface area contributed by atoms with E-state index in [0.717, 1.165) is 31.4 Å². The molecule has 1 amide bonds. The molecule has 1 saturated heterocycles. The van der Waals surface area contributed by atoms with Crippen LogP contribution in [0.3, 0.4) is 0 Å². The minimum Gasteiger partial charge on any atom is -0.367 e. The van der Waals surface area contributed by atoms with Gasteiger partial charge in [0.05, 0.1) is 12.5 Å². The minimum atomic E-state index is 0.00794. The van der Waals surface area contributed by atoms with Gasteiger partial charge in [-0.05, 0) is 24.5 Å². The van der Waals surface area contributed by atoms with Gasteiger partial charge in [-0.15, -0.1) is 0 Å². The van der Waals surface area contributed by atoms with E-state index < -0.39 is 0 Å². The highest BCUT2D eigenvalue weighted by atomic mass is 16.5. The van der Waals surface area contributed by atoms with Crippen LogP contribution in [0.15, 0.2) is 29.0 Å². The Bertz CT molecular complexity index is 659. The third-order valence-corrected chi connectivity index (χ3v) is 4.08. The van der Waals surface area contributed by atoms with Crippen molar-refractivity contribution >= 4 is 5.91 Å². The van der Waals surface area contributed by atoms with Gasteiger partial charge in [0.2, 0.25) is 5.91 Å². The Morgan fingerprint density at radius 1 is 1.50 bits per heavy atom. The van der Waals surface area contributed by atoms with Crippen molar-refractivity contribution in [3.05, 3.63) is 41.8 Å². The van der Waals surface area contributed by atoms with Crippen LogP contribution in [0.1, 0.15) is 37.0 Å². The number of piperidine rings is 1. The second kappa shape index (κ2) is 8.01. The van der Waals surface area contributed by atoms with Crippen LogP contribution >= 0.6 is 0 Å². The number of aromatic nitrogens is 3. The second-order valence-corrected chi connectivity index (χ2v) is 5.91. The summed E-state index contributed by atoms with van der Waals surface area (Å²) in [4.78, 5) is 22.6. The van der Waals surface area contributed by atoms with E-state index in [9.17, 15) is 4.79 Å². The number of likely N-dealkylation sites (tertiary alicyclic amines) is 1. The lowest BCUT2D eigenvalue weighted by atomic mass is 10.1. The van der Waals surface area contributed by atoms with Crippen molar-refractivity contribution in [3.8, 4) is 0 Å². The highest BCUT2D eigenvalue weighted by molar-refractivity contribution is 5.78. The molecule has 1 aliphatic rings. The Kier molecular flexibility index (Phi) is 5.53. The zero-order chi connectivity index (χ0) is 16.8. The van der Waals surface area contributed by atoms with Gasteiger partial charge in [-0.3, -0.25) is 9.78 Å². The number of carbonyl (C=O) groups excluding carboxylic acids is 1. The number of hydrogen-bond acceptors (Lipinski definition) is 6. The van der Waals surface area contributed by atoms with Gasteiger partial charge in [0.25, 0.3) is 5.89 Å². The van der Waals surface area contributed by atoms with Gasteiger partial charge >= 0.3 is 0 Å². The molecule has 0 spiro atoms. The Balaban J connectivity index is 1.49. The molecule has 3 heterocycles. The van der Waals surface area contributed by atoms with E-state index in [4.69, 9.17) is 9.26 Å². The predicted octanol–water partition coefficient (Wildman–Crippen LogP) is 1.78. The molecule has 1 atom stereocenters. The van der Waals surface area contributed by atoms with Crippen LogP contribution in [0, 0.1) is 0 Å².